The molecule has 1 rings (SSSR count). The van der Waals surface area contributed by atoms with E-state index in [2.05, 4.69) is 10.6 Å². The molecule has 0 aromatic rings. The summed E-state index contributed by atoms with van der Waals surface area (Å²) in [5.74, 6) is 0.609. The molecule has 5 heteroatoms. The second-order valence-electron chi connectivity index (χ2n) is 5.37. The Labute approximate surface area is 116 Å². The number of carbonyl (C=O) groups excluding carboxylic acids is 2. The number of hydrogen-bond donors (Lipinski definition) is 2. The Morgan fingerprint density at radius 3 is 2.58 bits per heavy atom. The van der Waals surface area contributed by atoms with Crippen LogP contribution in [0.4, 0.5) is 0 Å². The van der Waals surface area contributed by atoms with Gasteiger partial charge in [0, 0.05) is 20.0 Å². The fourth-order valence-electron chi connectivity index (χ4n) is 2.37. The minimum Gasteiger partial charge on any atom is -0.345 e. The monoisotopic (exact) mass is 269 g/mol. The van der Waals surface area contributed by atoms with E-state index >= 15 is 0 Å². The molecule has 1 aliphatic rings. The molecule has 0 radical (unpaired) electrons. The molecule has 110 valence electrons. The van der Waals surface area contributed by atoms with Gasteiger partial charge < -0.3 is 15.5 Å². The van der Waals surface area contributed by atoms with Crippen molar-refractivity contribution in [2.75, 3.05) is 26.7 Å². The van der Waals surface area contributed by atoms with Crippen LogP contribution in [0.25, 0.3) is 0 Å². The van der Waals surface area contributed by atoms with Gasteiger partial charge in [0.15, 0.2) is 0 Å². The van der Waals surface area contributed by atoms with Gasteiger partial charge in [-0.25, -0.2) is 0 Å². The summed E-state index contributed by atoms with van der Waals surface area (Å²) in [6.07, 6.45) is 3.76. The summed E-state index contributed by atoms with van der Waals surface area (Å²) >= 11 is 0. The Morgan fingerprint density at radius 1 is 1.37 bits per heavy atom. The highest BCUT2D eigenvalue weighted by atomic mass is 16.2. The molecule has 1 atom stereocenters. The van der Waals surface area contributed by atoms with Crippen molar-refractivity contribution < 1.29 is 9.59 Å². The summed E-state index contributed by atoms with van der Waals surface area (Å²) in [6.45, 7) is 6.44. The van der Waals surface area contributed by atoms with Crippen molar-refractivity contribution in [1.29, 1.82) is 0 Å². The lowest BCUT2D eigenvalue weighted by Gasteiger charge is -2.23. The van der Waals surface area contributed by atoms with Crippen LogP contribution in [-0.4, -0.2) is 49.4 Å². The average molecular weight is 269 g/mol. The van der Waals surface area contributed by atoms with Gasteiger partial charge in [-0.05, 0) is 52.1 Å². The molecule has 0 aromatic carbocycles. The van der Waals surface area contributed by atoms with Crippen LogP contribution in [0.2, 0.25) is 0 Å². The topological polar surface area (TPSA) is 61.4 Å². The van der Waals surface area contributed by atoms with Crippen molar-refractivity contribution >= 4 is 11.8 Å². The van der Waals surface area contributed by atoms with Crippen molar-refractivity contribution in [3.63, 3.8) is 0 Å². The largest absolute Gasteiger partial charge is 0.345 e. The molecule has 0 aliphatic carbocycles. The van der Waals surface area contributed by atoms with E-state index in [0.29, 0.717) is 18.9 Å². The Kier molecular flexibility index (Phi) is 6.84. The molecule has 0 aromatic heterocycles. The predicted molar refractivity (Wildman–Crippen MR) is 75.7 cm³/mol. The van der Waals surface area contributed by atoms with Crippen molar-refractivity contribution in [2.45, 2.75) is 45.6 Å². The second kappa shape index (κ2) is 8.15. The SMILES string of the molecule is CCN(C)C(=O)C(C)NC(=O)CCC1CCNCC1. The first-order valence-corrected chi connectivity index (χ1v) is 7.29. The average Bonchev–Trinajstić information content (AvgIpc) is 2.44. The summed E-state index contributed by atoms with van der Waals surface area (Å²) in [4.78, 5) is 25.3. The molecule has 0 spiro atoms. The van der Waals surface area contributed by atoms with Gasteiger partial charge in [0.2, 0.25) is 11.8 Å². The maximum Gasteiger partial charge on any atom is 0.244 e. The zero-order chi connectivity index (χ0) is 14.3. The van der Waals surface area contributed by atoms with Crippen molar-refractivity contribution in [2.24, 2.45) is 5.92 Å². The zero-order valence-corrected chi connectivity index (χ0v) is 12.4. The Morgan fingerprint density at radius 2 is 2.00 bits per heavy atom. The number of nitrogens with one attached hydrogen (secondary N) is 2. The Bertz CT molecular complexity index is 301. The number of likely N-dealkylation sites (N-methyl/N-ethyl adjacent to an activating group) is 1. The van der Waals surface area contributed by atoms with Crippen molar-refractivity contribution in [3.05, 3.63) is 0 Å². The van der Waals surface area contributed by atoms with E-state index < -0.39 is 6.04 Å². The van der Waals surface area contributed by atoms with Gasteiger partial charge in [0.1, 0.15) is 6.04 Å². The van der Waals surface area contributed by atoms with Crippen LogP contribution in [0.15, 0.2) is 0 Å². The molecule has 1 saturated heterocycles. The van der Waals surface area contributed by atoms with Gasteiger partial charge in [-0.15, -0.1) is 0 Å². The van der Waals surface area contributed by atoms with Crippen LogP contribution in [0.5, 0.6) is 0 Å². The van der Waals surface area contributed by atoms with Crippen LogP contribution < -0.4 is 10.6 Å². The Balaban J connectivity index is 2.24. The van der Waals surface area contributed by atoms with Gasteiger partial charge in [0.25, 0.3) is 0 Å². The van der Waals surface area contributed by atoms with E-state index in [0.717, 1.165) is 32.4 Å². The van der Waals surface area contributed by atoms with E-state index in [1.165, 1.54) is 0 Å². The summed E-state index contributed by atoms with van der Waals surface area (Å²) in [7, 11) is 1.75. The van der Waals surface area contributed by atoms with Gasteiger partial charge in [-0.1, -0.05) is 0 Å². The highest BCUT2D eigenvalue weighted by Gasteiger charge is 2.19. The molecular weight excluding hydrogens is 242 g/mol. The standard InChI is InChI=1S/C14H27N3O2/c1-4-17(3)14(19)11(2)16-13(18)6-5-12-7-9-15-10-8-12/h11-12,15H,4-10H2,1-3H3,(H,16,18). The summed E-state index contributed by atoms with van der Waals surface area (Å²) < 4.78 is 0. The molecule has 19 heavy (non-hydrogen) atoms. The third-order valence-corrected chi connectivity index (χ3v) is 3.84. The van der Waals surface area contributed by atoms with Gasteiger partial charge in [0.05, 0.1) is 0 Å². The van der Waals surface area contributed by atoms with E-state index in [1.807, 2.05) is 6.92 Å². The van der Waals surface area contributed by atoms with Crippen LogP contribution in [0.3, 0.4) is 0 Å². The smallest absolute Gasteiger partial charge is 0.244 e. The lowest BCUT2D eigenvalue weighted by atomic mass is 9.93. The highest BCUT2D eigenvalue weighted by Crippen LogP contribution is 2.17. The summed E-state index contributed by atoms with van der Waals surface area (Å²) in [6, 6.07) is -0.425. The van der Waals surface area contributed by atoms with Crippen LogP contribution in [-0.2, 0) is 9.59 Å². The first-order valence-electron chi connectivity index (χ1n) is 7.29. The predicted octanol–water partition coefficient (Wildman–Crippen LogP) is 0.749. The van der Waals surface area contributed by atoms with Gasteiger partial charge in [-0.3, -0.25) is 9.59 Å². The van der Waals surface area contributed by atoms with Gasteiger partial charge >= 0.3 is 0 Å². The normalized spacial score (nSPS) is 17.8. The number of amides is 2. The number of nitrogens with zero attached hydrogens (tertiary/aromatic N) is 1. The number of carbonyl (C=O) groups is 2. The maximum atomic E-state index is 11.8. The molecule has 2 N–H and O–H groups in total. The highest BCUT2D eigenvalue weighted by molar-refractivity contribution is 5.87. The molecule has 5 nitrogen and oxygen atoms in total. The first-order chi connectivity index (χ1) is 9.04. The van der Waals surface area contributed by atoms with Crippen LogP contribution in [0.1, 0.15) is 39.5 Å². The minimum absolute atomic E-state index is 0.0103. The number of hydrogen-bond acceptors (Lipinski definition) is 3. The first kappa shape index (κ1) is 16.0. The van der Waals surface area contributed by atoms with Crippen LogP contribution in [0, 0.1) is 5.92 Å². The van der Waals surface area contributed by atoms with E-state index in [-0.39, 0.29) is 11.8 Å². The molecular formula is C14H27N3O2. The summed E-state index contributed by atoms with van der Waals surface area (Å²) in [5.41, 5.74) is 0. The third kappa shape index (κ3) is 5.59. The van der Waals surface area contributed by atoms with E-state index in [1.54, 1.807) is 18.9 Å². The third-order valence-electron chi connectivity index (χ3n) is 3.84. The fourth-order valence-corrected chi connectivity index (χ4v) is 2.37. The minimum atomic E-state index is -0.425. The molecule has 1 unspecified atom stereocenters. The summed E-state index contributed by atoms with van der Waals surface area (Å²) in [5, 5.41) is 6.11. The molecule has 0 saturated carbocycles. The number of piperidine rings is 1. The van der Waals surface area contributed by atoms with Gasteiger partial charge in [-0.2, -0.15) is 0 Å². The number of rotatable bonds is 6. The van der Waals surface area contributed by atoms with E-state index in [4.69, 9.17) is 0 Å². The molecule has 1 heterocycles. The molecule has 2 amide bonds. The molecule has 1 fully saturated rings. The van der Waals surface area contributed by atoms with E-state index in [9.17, 15) is 9.59 Å². The van der Waals surface area contributed by atoms with Crippen LogP contribution >= 0.6 is 0 Å². The maximum absolute atomic E-state index is 11.8. The lowest BCUT2D eigenvalue weighted by Crippen LogP contribution is -2.45. The fraction of sp³-hybridized carbons (Fsp3) is 0.857. The zero-order valence-electron chi connectivity index (χ0n) is 12.4. The van der Waals surface area contributed by atoms with Crippen molar-refractivity contribution in [1.82, 2.24) is 15.5 Å². The lowest BCUT2D eigenvalue weighted by molar-refractivity contribution is -0.134. The Hall–Kier alpha value is -1.10. The quantitative estimate of drug-likeness (QED) is 0.748. The molecule has 0 bridgehead atoms. The second-order valence-corrected chi connectivity index (χ2v) is 5.37. The van der Waals surface area contributed by atoms with Crippen molar-refractivity contribution in [3.8, 4) is 0 Å². The molecule has 1 aliphatic heterocycles.